The number of hydrogen-bond donors (Lipinski definition) is 3. The lowest BCUT2D eigenvalue weighted by atomic mass is 9.74. The van der Waals surface area contributed by atoms with E-state index < -0.39 is 6.61 Å². The van der Waals surface area contributed by atoms with Crippen LogP contribution in [0.5, 0.6) is 0 Å². The van der Waals surface area contributed by atoms with Crippen molar-refractivity contribution in [2.75, 3.05) is 58.1 Å². The number of imide groups is 1. The van der Waals surface area contributed by atoms with Gasteiger partial charge in [-0.05, 0) is 136 Å². The number of piperazine rings is 1. The van der Waals surface area contributed by atoms with Crippen LogP contribution in [0.1, 0.15) is 134 Å². The summed E-state index contributed by atoms with van der Waals surface area (Å²) in [5, 5.41) is 17.1. The van der Waals surface area contributed by atoms with Crippen LogP contribution in [0.15, 0.2) is 72.3 Å². The van der Waals surface area contributed by atoms with Crippen LogP contribution in [0.25, 0.3) is 11.3 Å². The fraction of sp³-hybridized carbons (Fsp3) is 0.483. The highest BCUT2D eigenvalue weighted by Gasteiger charge is 2.45. The molecule has 4 amide bonds. The molecule has 3 N–H and O–H groups in total. The van der Waals surface area contributed by atoms with E-state index in [4.69, 9.17) is 4.98 Å². The Morgan fingerprint density at radius 1 is 0.844 bits per heavy atom. The zero-order valence-corrected chi connectivity index (χ0v) is 45.9. The number of carbonyl (C=O) groups excluding carboxylic acids is 4. The van der Waals surface area contributed by atoms with Crippen LogP contribution in [0.4, 0.5) is 34.4 Å². The summed E-state index contributed by atoms with van der Waals surface area (Å²) in [5.41, 5.74) is 9.33. The number of pyridine rings is 1. The first-order valence-electron chi connectivity index (χ1n) is 27.6. The Bertz CT molecular complexity index is 3320. The molecule has 4 atom stereocenters. The number of rotatable bonds is 11. The molecule has 2 aliphatic carbocycles. The summed E-state index contributed by atoms with van der Waals surface area (Å²) in [6.07, 6.45) is 12.0. The number of aliphatic hydroxyl groups excluding tert-OH is 1. The smallest absolute Gasteiger partial charge is 0.293 e. The largest absolute Gasteiger partial charge is 0.392 e. The summed E-state index contributed by atoms with van der Waals surface area (Å²) in [6, 6.07) is 13.9. The van der Waals surface area contributed by atoms with Gasteiger partial charge in [0.15, 0.2) is 5.82 Å². The highest BCUT2D eigenvalue weighted by Crippen LogP contribution is 2.43. The zero-order valence-electron chi connectivity index (χ0n) is 45.9. The van der Waals surface area contributed by atoms with Crippen LogP contribution in [0, 0.1) is 17.8 Å². The molecule has 7 heterocycles. The van der Waals surface area contributed by atoms with Crippen LogP contribution < -0.4 is 30.9 Å². The van der Waals surface area contributed by atoms with Gasteiger partial charge in [-0.15, -0.1) is 0 Å². The number of piperidine rings is 1. The molecular formula is C60H73N11O6. The van der Waals surface area contributed by atoms with Gasteiger partial charge in [-0.2, -0.15) is 0 Å². The van der Waals surface area contributed by atoms with Crippen molar-refractivity contribution >= 4 is 58.0 Å². The fourth-order valence-corrected chi connectivity index (χ4v) is 13.8. The monoisotopic (exact) mass is 1040 g/mol. The molecule has 0 spiro atoms. The lowest BCUT2D eigenvalue weighted by Gasteiger charge is -2.48. The highest BCUT2D eigenvalue weighted by molar-refractivity contribution is 6.22. The Morgan fingerprint density at radius 2 is 1.61 bits per heavy atom. The van der Waals surface area contributed by atoms with Crippen molar-refractivity contribution in [1.82, 2.24) is 28.9 Å². The Labute approximate surface area is 450 Å². The number of aromatic nitrogens is 4. The van der Waals surface area contributed by atoms with Crippen LogP contribution in [0.2, 0.25) is 0 Å². The van der Waals surface area contributed by atoms with Gasteiger partial charge in [0.2, 0.25) is 5.91 Å². The third-order valence-corrected chi connectivity index (χ3v) is 17.5. The number of carbonyl (C=O) groups is 4. The summed E-state index contributed by atoms with van der Waals surface area (Å²) >= 11 is 0. The maximum absolute atomic E-state index is 14.1. The predicted molar refractivity (Wildman–Crippen MR) is 300 cm³/mol. The first-order chi connectivity index (χ1) is 36.7. The minimum atomic E-state index is -0.414. The molecule has 11 rings (SSSR count). The summed E-state index contributed by atoms with van der Waals surface area (Å²) in [4.78, 5) is 88.6. The van der Waals surface area contributed by atoms with Crippen LogP contribution in [-0.4, -0.2) is 115 Å². The van der Waals surface area contributed by atoms with Crippen molar-refractivity contribution in [1.29, 1.82) is 0 Å². The molecule has 17 heteroatoms. The second-order valence-electron chi connectivity index (χ2n) is 24.2. The van der Waals surface area contributed by atoms with Crippen molar-refractivity contribution < 1.29 is 24.3 Å². The van der Waals surface area contributed by atoms with Crippen molar-refractivity contribution in [2.24, 2.45) is 17.9 Å². The van der Waals surface area contributed by atoms with Gasteiger partial charge in [-0.25, -0.2) is 9.97 Å². The van der Waals surface area contributed by atoms with Crippen molar-refractivity contribution in [2.45, 2.75) is 137 Å². The van der Waals surface area contributed by atoms with Crippen molar-refractivity contribution in [3.05, 3.63) is 117 Å². The minimum absolute atomic E-state index is 0.0352. The number of aryl methyl sites for hydroxylation is 2. The Morgan fingerprint density at radius 3 is 2.34 bits per heavy atom. The number of nitrogens with zero attached hydrogens (tertiary/aromatic N) is 9. The van der Waals surface area contributed by atoms with E-state index in [1.165, 1.54) is 21.9 Å². The van der Waals surface area contributed by atoms with Crippen LogP contribution in [0.3, 0.4) is 0 Å². The van der Waals surface area contributed by atoms with E-state index in [1.54, 1.807) is 41.4 Å². The third-order valence-electron chi connectivity index (χ3n) is 17.5. The van der Waals surface area contributed by atoms with E-state index in [9.17, 15) is 29.1 Å². The number of nitrogens with one attached hydrogen (secondary N) is 2. The fourth-order valence-electron chi connectivity index (χ4n) is 13.8. The SMILES string of the molecule is C=CC(=O)Nc1cc(Nc2nc(-c3ccnc(N4CCn5c(cc6c5CC(C)(C)C6)C4=O)c3CO)cn(C)c2=O)ccc1N1CCN(C2CCN(c3cc4c(cc3C)C(=O)N(C3CCCC(C)(C)C3)C4=O)[C@@H](C)C2)C[C@@H]1C. The van der Waals surface area contributed by atoms with E-state index in [0.717, 1.165) is 94.5 Å². The number of hydrogen-bond acceptors (Lipinski definition) is 12. The molecule has 0 bridgehead atoms. The Balaban J connectivity index is 0.778. The first kappa shape index (κ1) is 52.0. The summed E-state index contributed by atoms with van der Waals surface area (Å²) in [7, 11) is 1.64. The van der Waals surface area contributed by atoms with Gasteiger partial charge in [0.05, 0.1) is 34.8 Å². The average molecular weight is 1040 g/mol. The molecule has 4 aliphatic heterocycles. The molecule has 5 aromatic rings. The van der Waals surface area contributed by atoms with Gasteiger partial charge in [-0.3, -0.25) is 38.7 Å². The molecule has 77 heavy (non-hydrogen) atoms. The molecule has 6 aliphatic rings. The third kappa shape index (κ3) is 9.42. The van der Waals surface area contributed by atoms with Crippen molar-refractivity contribution in [3.63, 3.8) is 0 Å². The van der Waals surface area contributed by atoms with Gasteiger partial charge in [0.1, 0.15) is 11.5 Å². The van der Waals surface area contributed by atoms with Crippen LogP contribution in [-0.2, 0) is 37.8 Å². The molecule has 404 valence electrons. The number of amides is 4. The normalized spacial score (nSPS) is 23.0. The van der Waals surface area contributed by atoms with Crippen LogP contribution >= 0.6 is 0 Å². The maximum Gasteiger partial charge on any atom is 0.293 e. The van der Waals surface area contributed by atoms with Gasteiger partial charge in [0, 0.05) is 111 Å². The predicted octanol–water partition coefficient (Wildman–Crippen LogP) is 8.23. The quantitative estimate of drug-likeness (QED) is 0.0853. The van der Waals surface area contributed by atoms with E-state index in [2.05, 4.69) is 89.9 Å². The van der Waals surface area contributed by atoms with E-state index in [0.29, 0.717) is 70.0 Å². The maximum atomic E-state index is 14.1. The Kier molecular flexibility index (Phi) is 13.3. The number of aliphatic hydroxyl groups is 1. The molecule has 2 unspecified atom stereocenters. The van der Waals surface area contributed by atoms with Gasteiger partial charge in [0.25, 0.3) is 23.3 Å². The molecule has 3 aromatic heterocycles. The van der Waals surface area contributed by atoms with Gasteiger partial charge >= 0.3 is 0 Å². The Hall–Kier alpha value is -7.11. The van der Waals surface area contributed by atoms with E-state index in [-0.39, 0.29) is 64.0 Å². The van der Waals surface area contributed by atoms with Crippen molar-refractivity contribution in [3.8, 4) is 11.3 Å². The summed E-state index contributed by atoms with van der Waals surface area (Å²) in [6.45, 7) is 23.0. The van der Waals surface area contributed by atoms with Gasteiger partial charge in [-0.1, -0.05) is 40.7 Å². The lowest BCUT2D eigenvalue weighted by Crippen LogP contribution is -2.58. The van der Waals surface area contributed by atoms with E-state index in [1.807, 2.05) is 30.3 Å². The number of fused-ring (bicyclic) bond motifs is 4. The standard InChI is InChI=1S/C60H73N11O6/c1-10-52(73)63-46-27-39(62-53-58(77)65(9)33-47(64-53)42-15-18-61-54(45(42)34-72)70-23-22-69-50(57(70)76)26-38-29-60(7,8)31-51(38)69)13-14-48(46)68-21-20-66(32-37(68)4)40-16-19-67(36(3)25-40)49-28-44-43(24-35(49)2)55(74)71(56(44)75)41-12-11-17-59(5,6)30-41/h10,13-15,18,24,26-28,33,36-37,40-41,72H,1,11-12,16-17,19-23,25,29-32,34H2,2-9H3,(H,62,64)(H,63,73)/t36-,37-,40?,41?/m0/s1. The molecule has 1 saturated carbocycles. The average Bonchev–Trinajstić information content (AvgIpc) is 4.11. The molecule has 17 nitrogen and oxygen atoms in total. The number of anilines is 6. The highest BCUT2D eigenvalue weighted by atomic mass is 16.3. The summed E-state index contributed by atoms with van der Waals surface area (Å²) < 4.78 is 3.57. The topological polar surface area (TPSA) is 181 Å². The second kappa shape index (κ2) is 19.7. The van der Waals surface area contributed by atoms with E-state index >= 15 is 0 Å². The molecule has 2 aromatic carbocycles. The molecular weight excluding hydrogens is 971 g/mol. The van der Waals surface area contributed by atoms with Gasteiger partial charge < -0.3 is 34.7 Å². The molecule has 3 fully saturated rings. The molecule has 2 saturated heterocycles. The summed E-state index contributed by atoms with van der Waals surface area (Å²) in [5.74, 6) is -0.453. The molecule has 0 radical (unpaired) electrons. The first-order valence-corrected chi connectivity index (χ1v) is 27.6. The number of benzene rings is 2. The zero-order chi connectivity index (χ0) is 54.4. The lowest BCUT2D eigenvalue weighted by molar-refractivity contribution is -0.111. The minimum Gasteiger partial charge on any atom is -0.392 e. The second-order valence-corrected chi connectivity index (χ2v) is 24.2.